The maximum Gasteiger partial charge on any atom is 0.337 e. The molecule has 1 aliphatic heterocycles. The van der Waals surface area contributed by atoms with Crippen molar-refractivity contribution in [2.75, 3.05) is 20.3 Å². The predicted octanol–water partition coefficient (Wildman–Crippen LogP) is 2.45. The molecule has 7 aliphatic carbocycles. The Morgan fingerprint density at radius 1 is 1.07 bits per heavy atom. The van der Waals surface area contributed by atoms with Gasteiger partial charge in [0.25, 0.3) is 0 Å². The lowest BCUT2D eigenvalue weighted by molar-refractivity contribution is -0.179. The number of carbonyl (C=O) groups excluding carboxylic acids is 4. The van der Waals surface area contributed by atoms with Gasteiger partial charge in [-0.3, -0.25) is 9.59 Å². The Kier molecular flexibility index (Phi) is 5.13. The van der Waals surface area contributed by atoms with Gasteiger partial charge in [0.05, 0.1) is 31.8 Å². The van der Waals surface area contributed by atoms with Gasteiger partial charge in [-0.15, -0.1) is 0 Å². The van der Waals surface area contributed by atoms with Crippen molar-refractivity contribution < 1.29 is 43.6 Å². The van der Waals surface area contributed by atoms with Crippen LogP contribution in [0, 0.1) is 58.2 Å². The number of hydrogen-bond acceptors (Lipinski definition) is 9. The Morgan fingerprint density at radius 2 is 1.81 bits per heavy atom. The number of esters is 3. The molecule has 0 aromatic heterocycles. The van der Waals surface area contributed by atoms with Crippen LogP contribution in [-0.2, 0) is 33.4 Å². The first-order valence-corrected chi connectivity index (χ1v) is 15.3. The number of hydrogen-bond donors (Lipinski definition) is 2. The first kappa shape index (κ1) is 26.8. The molecule has 2 N–H and O–H groups in total. The van der Waals surface area contributed by atoms with Crippen LogP contribution in [0.25, 0.3) is 0 Å². The third-order valence-corrected chi connectivity index (χ3v) is 13.5. The average molecular weight is 579 g/mol. The number of aliphatic hydroxyl groups excluding tert-OH is 2. The quantitative estimate of drug-likeness (QED) is 0.223. The molecule has 5 saturated carbocycles. The van der Waals surface area contributed by atoms with E-state index in [0.717, 1.165) is 24.0 Å². The Labute approximate surface area is 244 Å². The number of fused-ring (bicyclic) bond motifs is 7. The molecule has 5 fully saturated rings. The molecular weight excluding hydrogens is 540 g/mol. The number of ether oxygens (including phenoxy) is 3. The zero-order valence-electron chi connectivity index (χ0n) is 24.7. The summed E-state index contributed by atoms with van der Waals surface area (Å²) in [5.74, 6) is -1.61. The predicted molar refractivity (Wildman–Crippen MR) is 145 cm³/mol. The van der Waals surface area contributed by atoms with Crippen LogP contribution >= 0.6 is 0 Å². The van der Waals surface area contributed by atoms with Crippen molar-refractivity contribution in [2.45, 2.75) is 65.1 Å². The number of carbonyl (C=O) groups is 4. The molecule has 0 aromatic rings. The second-order valence-corrected chi connectivity index (χ2v) is 14.6. The molecule has 0 radical (unpaired) electrons. The van der Waals surface area contributed by atoms with Crippen molar-refractivity contribution in [2.24, 2.45) is 58.2 Å². The van der Waals surface area contributed by atoms with Gasteiger partial charge in [0, 0.05) is 29.4 Å². The molecule has 8 rings (SSSR count). The summed E-state index contributed by atoms with van der Waals surface area (Å²) in [5, 5.41) is 22.2. The molecular formula is C33H38O9. The molecule has 42 heavy (non-hydrogen) atoms. The van der Waals surface area contributed by atoms with Crippen molar-refractivity contribution in [1.29, 1.82) is 0 Å². The van der Waals surface area contributed by atoms with Crippen molar-refractivity contribution in [3.05, 3.63) is 33.4 Å². The lowest BCUT2D eigenvalue weighted by Crippen LogP contribution is -2.66. The van der Waals surface area contributed by atoms with Crippen LogP contribution in [0.5, 0.6) is 0 Å². The summed E-state index contributed by atoms with van der Waals surface area (Å²) in [6, 6.07) is 0. The highest BCUT2D eigenvalue weighted by atomic mass is 16.6. The number of aliphatic hydroxyl groups is 2. The highest BCUT2D eigenvalue weighted by Gasteiger charge is 2.81. The van der Waals surface area contributed by atoms with E-state index < -0.39 is 47.4 Å². The zero-order chi connectivity index (χ0) is 29.8. The number of allylic oxidation sites excluding steroid dienone is 1. The first-order chi connectivity index (χ1) is 19.9. The van der Waals surface area contributed by atoms with Crippen LogP contribution in [0.4, 0.5) is 0 Å². The third-order valence-electron chi connectivity index (χ3n) is 13.5. The van der Waals surface area contributed by atoms with E-state index in [2.05, 4.69) is 6.92 Å². The Morgan fingerprint density at radius 3 is 2.48 bits per heavy atom. The van der Waals surface area contributed by atoms with E-state index in [-0.39, 0.29) is 57.7 Å². The van der Waals surface area contributed by atoms with E-state index in [4.69, 9.17) is 14.2 Å². The summed E-state index contributed by atoms with van der Waals surface area (Å²) in [6.07, 6.45) is 1.78. The van der Waals surface area contributed by atoms with Crippen LogP contribution in [0.2, 0.25) is 0 Å². The van der Waals surface area contributed by atoms with Gasteiger partial charge >= 0.3 is 17.9 Å². The molecule has 1 spiro atoms. The molecule has 0 amide bonds. The molecule has 8 aliphatic rings. The highest BCUT2D eigenvalue weighted by molar-refractivity contribution is 6.09. The lowest BCUT2D eigenvalue weighted by atomic mass is 9.42. The Balaban J connectivity index is 1.40. The van der Waals surface area contributed by atoms with Crippen molar-refractivity contribution in [3.63, 3.8) is 0 Å². The van der Waals surface area contributed by atoms with Crippen LogP contribution in [0.3, 0.4) is 0 Å². The van der Waals surface area contributed by atoms with Gasteiger partial charge in [0.2, 0.25) is 0 Å². The Bertz CT molecular complexity index is 1500. The second kappa shape index (κ2) is 8.03. The molecule has 0 saturated heterocycles. The van der Waals surface area contributed by atoms with Crippen molar-refractivity contribution >= 4 is 23.7 Å². The summed E-state index contributed by atoms with van der Waals surface area (Å²) >= 11 is 0. The summed E-state index contributed by atoms with van der Waals surface area (Å²) in [5.41, 5.74) is 1.12. The van der Waals surface area contributed by atoms with Gasteiger partial charge in [0.15, 0.2) is 5.78 Å². The smallest absolute Gasteiger partial charge is 0.337 e. The maximum absolute atomic E-state index is 14.3. The molecule has 0 bridgehead atoms. The average Bonchev–Trinajstić information content (AvgIpc) is 3.86. The number of methoxy groups -OCH3 is 1. The number of ketones is 1. The van der Waals surface area contributed by atoms with Gasteiger partial charge in [-0.1, -0.05) is 19.4 Å². The van der Waals surface area contributed by atoms with Gasteiger partial charge < -0.3 is 24.4 Å². The number of Topliss-reactive ketones (excluding diaryl/α,β-unsaturated/α-hetero) is 1. The van der Waals surface area contributed by atoms with Gasteiger partial charge in [-0.25, -0.2) is 9.59 Å². The standard InChI is InChI=1S/C33H38O9/c1-12(29(38)40-5)24-26-25-16(14-6-20(14)32(25,4)28(37)27(24)36)8-23-31(3)19-7-15(19)18(11-41-13(2)35)21(31)9-22-17(10-34)30(39)42-33(22,23)26/h14-15,18-21,23,26,28,34,37H,6-11H2,1-5H3/t14?,15?,18?,19?,20?,21-,23-,26-,28?,31+,32+,33+/m1/s1. The highest BCUT2D eigenvalue weighted by Crippen LogP contribution is 2.82. The molecule has 224 valence electrons. The minimum absolute atomic E-state index is 0.105. The molecule has 0 aromatic carbocycles. The molecule has 6 unspecified atom stereocenters. The van der Waals surface area contributed by atoms with E-state index in [9.17, 15) is 29.4 Å². The van der Waals surface area contributed by atoms with E-state index in [1.165, 1.54) is 19.6 Å². The minimum atomic E-state index is -1.31. The number of rotatable bonds is 4. The maximum atomic E-state index is 14.3. The largest absolute Gasteiger partial charge is 0.466 e. The fourth-order valence-corrected chi connectivity index (χ4v) is 11.7. The van der Waals surface area contributed by atoms with Crippen LogP contribution < -0.4 is 0 Å². The third kappa shape index (κ3) is 2.75. The normalized spacial score (nSPS) is 49.7. The van der Waals surface area contributed by atoms with Crippen molar-refractivity contribution in [3.8, 4) is 0 Å². The van der Waals surface area contributed by atoms with Gasteiger partial charge in [-0.05, 0) is 84.7 Å². The molecule has 9 nitrogen and oxygen atoms in total. The van der Waals surface area contributed by atoms with Crippen LogP contribution in [0.1, 0.15) is 53.4 Å². The van der Waals surface area contributed by atoms with E-state index >= 15 is 0 Å². The summed E-state index contributed by atoms with van der Waals surface area (Å²) in [6.45, 7) is 7.09. The van der Waals surface area contributed by atoms with Crippen molar-refractivity contribution in [1.82, 2.24) is 0 Å². The topological polar surface area (TPSA) is 136 Å². The Hall–Kier alpha value is -2.78. The minimum Gasteiger partial charge on any atom is -0.466 e. The fourth-order valence-electron chi connectivity index (χ4n) is 11.7. The SMILES string of the molecule is COC(=O)C(C)=C1C(=O)C(O)[C@]2(C)C3=C(C[C@H]4[C@]5(OC(=O)C(CO)=C5C[C@@H]5C(COC(C)=O)C6CC6[C@@]54C)[C@H]13)C1CC12. The van der Waals surface area contributed by atoms with E-state index in [1.807, 2.05) is 6.92 Å². The van der Waals surface area contributed by atoms with Crippen LogP contribution in [-0.4, -0.2) is 65.9 Å². The van der Waals surface area contributed by atoms with E-state index in [1.54, 1.807) is 6.92 Å². The second-order valence-electron chi connectivity index (χ2n) is 14.6. The first-order valence-electron chi connectivity index (χ1n) is 15.3. The summed E-state index contributed by atoms with van der Waals surface area (Å²) < 4.78 is 17.3. The van der Waals surface area contributed by atoms with Gasteiger partial charge in [-0.2, -0.15) is 0 Å². The zero-order valence-corrected chi connectivity index (χ0v) is 24.7. The summed E-state index contributed by atoms with van der Waals surface area (Å²) in [4.78, 5) is 52.8. The lowest BCUT2D eigenvalue weighted by Gasteiger charge is -2.63. The van der Waals surface area contributed by atoms with Gasteiger partial charge in [0.1, 0.15) is 11.7 Å². The molecule has 12 atom stereocenters. The molecule has 9 heteroatoms. The monoisotopic (exact) mass is 578 g/mol. The molecule has 1 heterocycles. The summed E-state index contributed by atoms with van der Waals surface area (Å²) in [7, 11) is 1.27. The fraction of sp³-hybridized carbons (Fsp3) is 0.697. The van der Waals surface area contributed by atoms with Crippen LogP contribution in [0.15, 0.2) is 33.4 Å². The van der Waals surface area contributed by atoms with E-state index in [0.29, 0.717) is 31.3 Å².